The summed E-state index contributed by atoms with van der Waals surface area (Å²) in [4.78, 5) is 15.1. The minimum atomic E-state index is -0.0781. The summed E-state index contributed by atoms with van der Waals surface area (Å²) < 4.78 is 13.3. The molecule has 1 saturated heterocycles. The molecule has 0 aliphatic carbocycles. The van der Waals surface area contributed by atoms with Gasteiger partial charge in [0, 0.05) is 23.6 Å². The van der Waals surface area contributed by atoms with Crippen molar-refractivity contribution in [1.82, 2.24) is 25.0 Å². The van der Waals surface area contributed by atoms with Gasteiger partial charge in [0.25, 0.3) is 0 Å². The molecule has 1 fully saturated rings. The monoisotopic (exact) mass is 473 g/mol. The average molecular weight is 474 g/mol. The second-order valence-electron chi connectivity index (χ2n) is 9.28. The van der Waals surface area contributed by atoms with Crippen LogP contribution in [0.5, 0.6) is 5.75 Å². The Balaban J connectivity index is 1.29. The molecule has 0 radical (unpaired) electrons. The first kappa shape index (κ1) is 23.1. The summed E-state index contributed by atoms with van der Waals surface area (Å²) in [6, 6.07) is 15.6. The summed E-state index contributed by atoms with van der Waals surface area (Å²) in [6.07, 6.45) is 4.33. The maximum absolute atomic E-state index is 12.8. The molecule has 8 nitrogen and oxygen atoms in total. The number of benzene rings is 2. The summed E-state index contributed by atoms with van der Waals surface area (Å²) in [5, 5.41) is 12.6. The van der Waals surface area contributed by atoms with Gasteiger partial charge in [0.05, 0.1) is 19.2 Å². The number of fused-ring (bicyclic) bond motifs is 1. The zero-order chi connectivity index (χ0) is 24.2. The number of piperidine rings is 1. The highest BCUT2D eigenvalue weighted by Crippen LogP contribution is 2.30. The lowest BCUT2D eigenvalue weighted by Gasteiger charge is -2.28. The van der Waals surface area contributed by atoms with Gasteiger partial charge in [0.1, 0.15) is 12.3 Å². The number of likely N-dealkylation sites (tertiary alicyclic amines) is 1. The standard InChI is InChI=1S/C27H31N5O3/c1-19-10-12-31(13-11-19)18-26-29-30-27(35-26)23-16-32(24-9-4-3-8-22(23)24)17-25(33)28-15-20-6-5-7-21(14-20)34-2/h3-9,14,16,19H,10-13,15,17-18H2,1-2H3,(H,28,33). The first-order valence-corrected chi connectivity index (χ1v) is 12.1. The first-order chi connectivity index (χ1) is 17.1. The number of hydrogen-bond donors (Lipinski definition) is 1. The Morgan fingerprint density at radius 3 is 2.80 bits per heavy atom. The Morgan fingerprint density at radius 2 is 1.97 bits per heavy atom. The molecule has 2 aromatic carbocycles. The summed E-state index contributed by atoms with van der Waals surface area (Å²) >= 11 is 0. The fourth-order valence-electron chi connectivity index (χ4n) is 4.58. The number of nitrogens with one attached hydrogen (secondary N) is 1. The average Bonchev–Trinajstić information content (AvgIpc) is 3.49. The minimum Gasteiger partial charge on any atom is -0.497 e. The van der Waals surface area contributed by atoms with E-state index in [2.05, 4.69) is 27.3 Å². The van der Waals surface area contributed by atoms with Crippen LogP contribution in [0.3, 0.4) is 0 Å². The van der Waals surface area contributed by atoms with Crippen LogP contribution in [0.15, 0.2) is 59.1 Å². The van der Waals surface area contributed by atoms with Gasteiger partial charge in [0.15, 0.2) is 0 Å². The molecule has 182 valence electrons. The normalized spacial score (nSPS) is 14.9. The molecule has 1 amide bonds. The van der Waals surface area contributed by atoms with Crippen LogP contribution < -0.4 is 10.1 Å². The van der Waals surface area contributed by atoms with Crippen LogP contribution in [-0.4, -0.2) is 45.8 Å². The van der Waals surface area contributed by atoms with E-state index in [4.69, 9.17) is 9.15 Å². The number of methoxy groups -OCH3 is 1. The molecule has 4 aromatic rings. The van der Waals surface area contributed by atoms with Crippen LogP contribution in [0.25, 0.3) is 22.4 Å². The highest BCUT2D eigenvalue weighted by Gasteiger charge is 2.20. The quantitative estimate of drug-likeness (QED) is 0.412. The van der Waals surface area contributed by atoms with E-state index in [-0.39, 0.29) is 12.5 Å². The third-order valence-electron chi connectivity index (χ3n) is 6.66. The van der Waals surface area contributed by atoms with E-state index < -0.39 is 0 Å². The number of hydrogen-bond acceptors (Lipinski definition) is 6. The van der Waals surface area contributed by atoms with Crippen LogP contribution >= 0.6 is 0 Å². The van der Waals surface area contributed by atoms with Gasteiger partial charge in [-0.25, -0.2) is 0 Å². The molecule has 5 rings (SSSR count). The topological polar surface area (TPSA) is 85.4 Å². The molecule has 1 aliphatic heterocycles. The van der Waals surface area contributed by atoms with Crippen molar-refractivity contribution in [2.24, 2.45) is 5.92 Å². The van der Waals surface area contributed by atoms with Crippen molar-refractivity contribution in [3.63, 3.8) is 0 Å². The van der Waals surface area contributed by atoms with Crippen LogP contribution in [-0.2, 0) is 24.4 Å². The molecule has 1 N–H and O–H groups in total. The number of para-hydroxylation sites is 1. The van der Waals surface area contributed by atoms with Crippen LogP contribution in [0, 0.1) is 5.92 Å². The Labute approximate surface area is 204 Å². The molecular weight excluding hydrogens is 442 g/mol. The first-order valence-electron chi connectivity index (χ1n) is 12.1. The number of amides is 1. The summed E-state index contributed by atoms with van der Waals surface area (Å²) in [5.41, 5.74) is 2.77. The van der Waals surface area contributed by atoms with Gasteiger partial charge in [-0.05, 0) is 55.6 Å². The lowest BCUT2D eigenvalue weighted by Crippen LogP contribution is -2.32. The molecule has 0 bridgehead atoms. The lowest BCUT2D eigenvalue weighted by molar-refractivity contribution is -0.121. The Morgan fingerprint density at radius 1 is 1.14 bits per heavy atom. The highest BCUT2D eigenvalue weighted by molar-refractivity contribution is 5.94. The zero-order valence-corrected chi connectivity index (χ0v) is 20.2. The number of carbonyl (C=O) groups is 1. The molecule has 0 spiro atoms. The van der Waals surface area contributed by atoms with Crippen molar-refractivity contribution in [3.05, 3.63) is 66.2 Å². The van der Waals surface area contributed by atoms with Gasteiger partial charge in [-0.2, -0.15) is 0 Å². The van der Waals surface area contributed by atoms with E-state index >= 15 is 0 Å². The van der Waals surface area contributed by atoms with Crippen molar-refractivity contribution in [2.45, 2.75) is 39.4 Å². The predicted molar refractivity (Wildman–Crippen MR) is 134 cm³/mol. The predicted octanol–water partition coefficient (Wildman–Crippen LogP) is 4.25. The molecule has 1 aliphatic rings. The van der Waals surface area contributed by atoms with Gasteiger partial charge in [-0.15, -0.1) is 10.2 Å². The molecule has 0 unspecified atom stereocenters. The molecule has 0 saturated carbocycles. The lowest BCUT2D eigenvalue weighted by atomic mass is 9.99. The van der Waals surface area contributed by atoms with Crippen molar-refractivity contribution in [2.75, 3.05) is 20.2 Å². The number of aromatic nitrogens is 3. The third kappa shape index (κ3) is 5.38. The number of nitrogens with zero attached hydrogens (tertiary/aromatic N) is 4. The molecule has 35 heavy (non-hydrogen) atoms. The molecule has 0 atom stereocenters. The van der Waals surface area contributed by atoms with Gasteiger partial charge < -0.3 is 19.0 Å². The zero-order valence-electron chi connectivity index (χ0n) is 20.2. The van der Waals surface area contributed by atoms with E-state index in [1.54, 1.807) is 7.11 Å². The Hall–Kier alpha value is -3.65. The molecule has 2 aromatic heterocycles. The maximum atomic E-state index is 12.8. The second kappa shape index (κ2) is 10.3. The third-order valence-corrected chi connectivity index (χ3v) is 6.66. The van der Waals surface area contributed by atoms with Crippen molar-refractivity contribution in [1.29, 1.82) is 0 Å². The summed E-state index contributed by atoms with van der Waals surface area (Å²) in [6.45, 7) is 5.72. The Kier molecular flexibility index (Phi) is 6.81. The SMILES string of the molecule is COc1cccc(CNC(=O)Cn2cc(-c3nnc(CN4CCC(C)CC4)o3)c3ccccc32)c1. The van der Waals surface area contributed by atoms with Crippen molar-refractivity contribution >= 4 is 16.8 Å². The summed E-state index contributed by atoms with van der Waals surface area (Å²) in [7, 11) is 1.63. The molecular formula is C27H31N5O3. The van der Waals surface area contributed by atoms with E-state index in [9.17, 15) is 4.79 Å². The minimum absolute atomic E-state index is 0.0781. The fourth-order valence-corrected chi connectivity index (χ4v) is 4.58. The number of carbonyl (C=O) groups excluding carboxylic acids is 1. The molecule has 3 heterocycles. The van der Waals surface area contributed by atoms with E-state index in [1.165, 1.54) is 12.8 Å². The van der Waals surface area contributed by atoms with E-state index in [1.807, 2.05) is 59.3 Å². The van der Waals surface area contributed by atoms with Gasteiger partial charge in [0.2, 0.25) is 17.7 Å². The largest absolute Gasteiger partial charge is 0.497 e. The fraction of sp³-hybridized carbons (Fsp3) is 0.370. The van der Waals surface area contributed by atoms with Gasteiger partial charge in [-0.1, -0.05) is 37.3 Å². The Bertz CT molecular complexity index is 1300. The second-order valence-corrected chi connectivity index (χ2v) is 9.28. The van der Waals surface area contributed by atoms with Gasteiger partial charge in [-0.3, -0.25) is 9.69 Å². The van der Waals surface area contributed by atoms with Crippen molar-refractivity contribution < 1.29 is 13.9 Å². The van der Waals surface area contributed by atoms with Gasteiger partial charge >= 0.3 is 0 Å². The molecule has 8 heteroatoms. The van der Waals surface area contributed by atoms with E-state index in [0.717, 1.165) is 46.8 Å². The van der Waals surface area contributed by atoms with Crippen LogP contribution in [0.2, 0.25) is 0 Å². The van der Waals surface area contributed by atoms with E-state index in [0.29, 0.717) is 24.9 Å². The number of ether oxygens (including phenoxy) is 1. The van der Waals surface area contributed by atoms with Crippen molar-refractivity contribution in [3.8, 4) is 17.2 Å². The summed E-state index contributed by atoms with van der Waals surface area (Å²) in [5.74, 6) is 2.58. The smallest absolute Gasteiger partial charge is 0.249 e. The maximum Gasteiger partial charge on any atom is 0.249 e. The van der Waals surface area contributed by atoms with Crippen LogP contribution in [0.4, 0.5) is 0 Å². The number of rotatable bonds is 8. The van der Waals surface area contributed by atoms with Crippen LogP contribution in [0.1, 0.15) is 31.2 Å². The highest BCUT2D eigenvalue weighted by atomic mass is 16.5.